The van der Waals surface area contributed by atoms with E-state index in [4.69, 9.17) is 5.11 Å². The summed E-state index contributed by atoms with van der Waals surface area (Å²) in [6.45, 7) is 4.34. The Labute approximate surface area is 172 Å². The second-order valence-corrected chi connectivity index (χ2v) is 8.07. The highest BCUT2D eigenvalue weighted by Crippen LogP contribution is 2.23. The van der Waals surface area contributed by atoms with Crippen molar-refractivity contribution in [1.29, 1.82) is 0 Å². The van der Waals surface area contributed by atoms with Gasteiger partial charge in [0, 0.05) is 24.6 Å². The first-order chi connectivity index (χ1) is 13.4. The second-order valence-electron chi connectivity index (χ2n) is 7.08. The number of allylic oxidation sites excluding steroid dienone is 1. The van der Waals surface area contributed by atoms with Gasteiger partial charge < -0.3 is 15.1 Å². The number of hydrogen-bond acceptors (Lipinski definition) is 4. The lowest BCUT2D eigenvalue weighted by Gasteiger charge is -2.25. The SMILES string of the molecule is CSCCC(O)c1ccc(N(CC/C=C\CCCC(=O)O)C(=O)C(C)C)cc1. The van der Waals surface area contributed by atoms with Crippen molar-refractivity contribution in [3.8, 4) is 0 Å². The van der Waals surface area contributed by atoms with Crippen molar-refractivity contribution in [2.45, 2.75) is 52.1 Å². The van der Waals surface area contributed by atoms with Crippen LogP contribution in [0.3, 0.4) is 0 Å². The zero-order chi connectivity index (χ0) is 20.9. The first kappa shape index (κ1) is 24.2. The van der Waals surface area contributed by atoms with Gasteiger partial charge in [-0.3, -0.25) is 9.59 Å². The molecular formula is C22H33NO4S. The normalized spacial score (nSPS) is 12.5. The highest BCUT2D eigenvalue weighted by atomic mass is 32.2. The van der Waals surface area contributed by atoms with Gasteiger partial charge in [0.2, 0.25) is 5.91 Å². The predicted molar refractivity (Wildman–Crippen MR) is 117 cm³/mol. The Morgan fingerprint density at radius 3 is 2.36 bits per heavy atom. The number of benzene rings is 1. The molecule has 1 aromatic rings. The van der Waals surface area contributed by atoms with Gasteiger partial charge in [-0.25, -0.2) is 0 Å². The molecule has 0 aliphatic carbocycles. The van der Waals surface area contributed by atoms with Gasteiger partial charge in [-0.2, -0.15) is 11.8 Å². The van der Waals surface area contributed by atoms with Gasteiger partial charge in [-0.15, -0.1) is 0 Å². The van der Waals surface area contributed by atoms with Crippen LogP contribution < -0.4 is 4.90 Å². The van der Waals surface area contributed by atoms with E-state index in [1.54, 1.807) is 16.7 Å². The molecule has 0 aromatic heterocycles. The summed E-state index contributed by atoms with van der Waals surface area (Å²) in [6.07, 6.45) is 8.47. The number of rotatable bonds is 13. The van der Waals surface area contributed by atoms with Crippen LogP contribution in [0.15, 0.2) is 36.4 Å². The topological polar surface area (TPSA) is 77.8 Å². The number of amides is 1. The molecular weight excluding hydrogens is 374 g/mol. The molecule has 2 N–H and O–H groups in total. The maximum Gasteiger partial charge on any atom is 0.303 e. The van der Waals surface area contributed by atoms with Crippen LogP contribution in [-0.4, -0.2) is 40.6 Å². The molecule has 156 valence electrons. The number of carboxylic acids is 1. The van der Waals surface area contributed by atoms with Crippen LogP contribution >= 0.6 is 11.8 Å². The zero-order valence-electron chi connectivity index (χ0n) is 17.1. The van der Waals surface area contributed by atoms with Crippen molar-refractivity contribution >= 4 is 29.3 Å². The summed E-state index contributed by atoms with van der Waals surface area (Å²) in [7, 11) is 0. The van der Waals surface area contributed by atoms with Crippen molar-refractivity contribution in [1.82, 2.24) is 0 Å². The molecule has 0 radical (unpaired) electrons. The van der Waals surface area contributed by atoms with E-state index in [1.165, 1.54) is 0 Å². The molecule has 1 atom stereocenters. The zero-order valence-corrected chi connectivity index (χ0v) is 18.0. The van der Waals surface area contributed by atoms with Crippen LogP contribution in [-0.2, 0) is 9.59 Å². The summed E-state index contributed by atoms with van der Waals surface area (Å²) in [6, 6.07) is 7.58. The van der Waals surface area contributed by atoms with Gasteiger partial charge in [0.25, 0.3) is 0 Å². The molecule has 1 unspecified atom stereocenters. The first-order valence-corrected chi connectivity index (χ1v) is 11.2. The minimum absolute atomic E-state index is 0.0648. The maximum atomic E-state index is 12.6. The van der Waals surface area contributed by atoms with Crippen LogP contribution in [0.2, 0.25) is 0 Å². The Bertz CT molecular complexity index is 628. The van der Waals surface area contributed by atoms with Crippen molar-refractivity contribution in [3.05, 3.63) is 42.0 Å². The summed E-state index contributed by atoms with van der Waals surface area (Å²) in [5.41, 5.74) is 1.70. The third kappa shape index (κ3) is 8.93. The molecule has 0 saturated carbocycles. The third-order valence-corrected chi connectivity index (χ3v) is 5.04. The molecule has 0 saturated heterocycles. The molecule has 0 bridgehead atoms. The third-order valence-electron chi connectivity index (χ3n) is 4.39. The van der Waals surface area contributed by atoms with Gasteiger partial charge in [0.1, 0.15) is 0 Å². The van der Waals surface area contributed by atoms with E-state index in [9.17, 15) is 14.7 Å². The minimum Gasteiger partial charge on any atom is -0.481 e. The number of hydrogen-bond donors (Lipinski definition) is 2. The van der Waals surface area contributed by atoms with E-state index in [2.05, 4.69) is 0 Å². The average Bonchev–Trinajstić information content (AvgIpc) is 2.67. The van der Waals surface area contributed by atoms with Crippen LogP contribution in [0.4, 0.5) is 5.69 Å². The highest BCUT2D eigenvalue weighted by Gasteiger charge is 2.18. The number of nitrogens with zero attached hydrogens (tertiary/aromatic N) is 1. The summed E-state index contributed by atoms with van der Waals surface area (Å²) in [4.78, 5) is 24.9. The summed E-state index contributed by atoms with van der Waals surface area (Å²) in [5, 5.41) is 18.9. The molecule has 1 rings (SSSR count). The van der Waals surface area contributed by atoms with Gasteiger partial charge in [0.15, 0.2) is 0 Å². The lowest BCUT2D eigenvalue weighted by atomic mass is 10.1. The number of carbonyl (C=O) groups excluding carboxylic acids is 1. The molecule has 5 nitrogen and oxygen atoms in total. The van der Waals surface area contributed by atoms with E-state index >= 15 is 0 Å². The Balaban J connectivity index is 2.70. The monoisotopic (exact) mass is 407 g/mol. The summed E-state index contributed by atoms with van der Waals surface area (Å²) < 4.78 is 0. The molecule has 0 spiro atoms. The number of aliphatic hydroxyl groups excluding tert-OH is 1. The fourth-order valence-corrected chi connectivity index (χ4v) is 3.22. The molecule has 28 heavy (non-hydrogen) atoms. The molecule has 6 heteroatoms. The smallest absolute Gasteiger partial charge is 0.303 e. The first-order valence-electron chi connectivity index (χ1n) is 9.82. The highest BCUT2D eigenvalue weighted by molar-refractivity contribution is 7.98. The fourth-order valence-electron chi connectivity index (χ4n) is 2.76. The Hall–Kier alpha value is -1.79. The van der Waals surface area contributed by atoms with Crippen LogP contribution in [0, 0.1) is 5.92 Å². The lowest BCUT2D eigenvalue weighted by molar-refractivity contribution is -0.137. The summed E-state index contributed by atoms with van der Waals surface area (Å²) in [5.74, 6) is 0.0881. The Morgan fingerprint density at radius 2 is 1.79 bits per heavy atom. The average molecular weight is 408 g/mol. The van der Waals surface area contributed by atoms with Crippen LogP contribution in [0.1, 0.15) is 57.6 Å². The van der Waals surface area contributed by atoms with E-state index in [0.717, 1.165) is 23.4 Å². The number of aliphatic hydroxyl groups is 1. The van der Waals surface area contributed by atoms with E-state index in [1.807, 2.05) is 56.5 Å². The van der Waals surface area contributed by atoms with Crippen molar-refractivity contribution < 1.29 is 19.8 Å². The van der Waals surface area contributed by atoms with Gasteiger partial charge in [-0.05, 0) is 55.4 Å². The fraction of sp³-hybridized carbons (Fsp3) is 0.545. The standard InChI is InChI=1S/C22H33NO4S/c1-17(2)22(27)23(15-8-6-4-5-7-9-21(25)26)19-12-10-18(11-13-19)20(24)14-16-28-3/h4,6,10-13,17,20,24H,5,7-9,14-16H2,1-3H3,(H,25,26)/b6-4-. The molecule has 0 aliphatic heterocycles. The second kappa shape index (κ2) is 13.4. The van der Waals surface area contributed by atoms with Crippen LogP contribution in [0.5, 0.6) is 0 Å². The van der Waals surface area contributed by atoms with E-state index in [0.29, 0.717) is 25.8 Å². The number of carboxylic acid groups (broad SMARTS) is 1. The summed E-state index contributed by atoms with van der Waals surface area (Å²) >= 11 is 1.71. The van der Waals surface area contributed by atoms with Crippen molar-refractivity contribution in [2.75, 3.05) is 23.5 Å². The predicted octanol–water partition coefficient (Wildman–Crippen LogP) is 4.66. The van der Waals surface area contributed by atoms with Crippen molar-refractivity contribution in [3.63, 3.8) is 0 Å². The molecule has 0 fully saturated rings. The number of carbonyl (C=O) groups is 2. The van der Waals surface area contributed by atoms with Gasteiger partial charge in [-0.1, -0.05) is 38.1 Å². The quantitative estimate of drug-likeness (QED) is 0.367. The molecule has 1 aromatic carbocycles. The minimum atomic E-state index is -0.774. The number of unbranched alkanes of at least 4 members (excludes halogenated alkanes) is 1. The molecule has 0 aliphatic rings. The van der Waals surface area contributed by atoms with Gasteiger partial charge in [0.05, 0.1) is 6.10 Å². The van der Waals surface area contributed by atoms with Crippen molar-refractivity contribution in [2.24, 2.45) is 5.92 Å². The maximum absolute atomic E-state index is 12.6. The van der Waals surface area contributed by atoms with Crippen LogP contribution in [0.25, 0.3) is 0 Å². The number of anilines is 1. The lowest BCUT2D eigenvalue weighted by Crippen LogP contribution is -2.35. The Kier molecular flexibility index (Phi) is 11.6. The van der Waals surface area contributed by atoms with E-state index < -0.39 is 12.1 Å². The molecule has 1 amide bonds. The number of aliphatic carboxylic acids is 1. The molecule has 0 heterocycles. The number of thioether (sulfide) groups is 1. The Morgan fingerprint density at radius 1 is 1.14 bits per heavy atom. The van der Waals surface area contributed by atoms with E-state index in [-0.39, 0.29) is 18.2 Å². The largest absolute Gasteiger partial charge is 0.481 e. The van der Waals surface area contributed by atoms with Gasteiger partial charge >= 0.3 is 5.97 Å².